The van der Waals surface area contributed by atoms with Gasteiger partial charge in [0.15, 0.2) is 0 Å². The number of benzene rings is 3. The Morgan fingerprint density at radius 2 is 1.66 bits per heavy atom. The van der Waals surface area contributed by atoms with Gasteiger partial charge in [-0.25, -0.2) is 4.79 Å². The maximum atomic E-state index is 13.7. The van der Waals surface area contributed by atoms with Gasteiger partial charge in [-0.2, -0.15) is 0 Å². The van der Waals surface area contributed by atoms with Gasteiger partial charge in [0.25, 0.3) is 5.69 Å². The first-order chi connectivity index (χ1) is 16.9. The van der Waals surface area contributed by atoms with Crippen LogP contribution in [0.4, 0.5) is 21.9 Å². The van der Waals surface area contributed by atoms with Gasteiger partial charge in [-0.1, -0.05) is 48.0 Å². The van der Waals surface area contributed by atoms with Crippen molar-refractivity contribution in [3.63, 3.8) is 0 Å². The first-order valence-electron chi connectivity index (χ1n) is 11.8. The van der Waals surface area contributed by atoms with Crippen molar-refractivity contribution in [2.24, 2.45) is 0 Å². The number of hydrogen-bond donors (Lipinski definition) is 1. The summed E-state index contributed by atoms with van der Waals surface area (Å²) in [5.74, 6) is 0. The third-order valence-corrected chi connectivity index (χ3v) is 6.94. The fourth-order valence-corrected chi connectivity index (χ4v) is 5.01. The molecule has 35 heavy (non-hydrogen) atoms. The topological polar surface area (TPSA) is 88.0 Å². The lowest BCUT2D eigenvalue weighted by atomic mass is 9.96. The number of piperidine rings is 1. The average molecular weight is 473 g/mol. The molecule has 2 aliphatic rings. The van der Waals surface area contributed by atoms with Crippen LogP contribution in [0.2, 0.25) is 0 Å². The maximum Gasteiger partial charge on any atom is 0.324 e. The Hall–Kier alpha value is -3.91. The van der Waals surface area contributed by atoms with Gasteiger partial charge in [-0.05, 0) is 36.8 Å². The highest BCUT2D eigenvalue weighted by Gasteiger charge is 2.52. The van der Waals surface area contributed by atoms with Crippen molar-refractivity contribution in [3.8, 4) is 0 Å². The van der Waals surface area contributed by atoms with E-state index in [2.05, 4.69) is 10.2 Å². The van der Waals surface area contributed by atoms with E-state index >= 15 is 0 Å². The van der Waals surface area contributed by atoms with Crippen molar-refractivity contribution in [2.45, 2.75) is 31.5 Å². The van der Waals surface area contributed by atoms with Crippen molar-refractivity contribution >= 4 is 23.1 Å². The number of nitrogens with zero attached hydrogens (tertiary/aromatic N) is 3. The van der Waals surface area contributed by atoms with E-state index in [1.807, 2.05) is 66.4 Å². The lowest BCUT2D eigenvalue weighted by Crippen LogP contribution is -2.56. The first kappa shape index (κ1) is 22.9. The molecule has 1 unspecified atom stereocenters. The zero-order valence-electron chi connectivity index (χ0n) is 19.6. The number of aryl methyl sites for hydroxylation is 1. The van der Waals surface area contributed by atoms with Crippen LogP contribution in [0.5, 0.6) is 0 Å². The summed E-state index contributed by atoms with van der Waals surface area (Å²) >= 11 is 0. The molecule has 3 aromatic rings. The molecule has 0 aliphatic carbocycles. The van der Waals surface area contributed by atoms with Gasteiger partial charge in [0.05, 0.1) is 17.6 Å². The third kappa shape index (κ3) is 4.57. The summed E-state index contributed by atoms with van der Waals surface area (Å²) in [6.07, 6.45) is 1.27. The monoisotopic (exact) mass is 472 g/mol. The molecular weight excluding hydrogens is 444 g/mol. The second-order valence-electron chi connectivity index (χ2n) is 9.11. The van der Waals surface area contributed by atoms with E-state index in [1.54, 1.807) is 12.1 Å². The van der Waals surface area contributed by atoms with Crippen LogP contribution in [-0.4, -0.2) is 41.3 Å². The molecule has 8 heteroatoms. The van der Waals surface area contributed by atoms with Crippen molar-refractivity contribution in [3.05, 3.63) is 100 Å². The minimum atomic E-state index is -0.716. The molecular formula is C27H28N4O4. The van der Waals surface area contributed by atoms with Crippen LogP contribution in [0.3, 0.4) is 0 Å². The molecule has 3 aromatic carbocycles. The number of carbonyl (C=O) groups excluding carboxylic acids is 1. The lowest BCUT2D eigenvalue weighted by Gasteiger charge is -2.45. The molecule has 0 radical (unpaired) electrons. The predicted molar refractivity (Wildman–Crippen MR) is 134 cm³/mol. The summed E-state index contributed by atoms with van der Waals surface area (Å²) in [6, 6.07) is 24.0. The van der Waals surface area contributed by atoms with E-state index in [-0.39, 0.29) is 17.8 Å². The van der Waals surface area contributed by atoms with Crippen molar-refractivity contribution in [2.75, 3.05) is 29.9 Å². The summed E-state index contributed by atoms with van der Waals surface area (Å²) in [5.41, 5.74) is 3.21. The first-order valence-corrected chi connectivity index (χ1v) is 11.8. The molecule has 0 saturated carbocycles. The summed E-state index contributed by atoms with van der Waals surface area (Å²) in [4.78, 5) is 28.3. The molecule has 0 aromatic heterocycles. The van der Waals surface area contributed by atoms with E-state index in [4.69, 9.17) is 4.74 Å². The van der Waals surface area contributed by atoms with Crippen molar-refractivity contribution in [1.82, 2.24) is 4.90 Å². The summed E-state index contributed by atoms with van der Waals surface area (Å²) in [6.45, 7) is 3.79. The van der Waals surface area contributed by atoms with E-state index in [1.165, 1.54) is 12.1 Å². The van der Waals surface area contributed by atoms with Crippen LogP contribution in [0, 0.1) is 17.0 Å². The van der Waals surface area contributed by atoms with Gasteiger partial charge in [-0.15, -0.1) is 0 Å². The van der Waals surface area contributed by atoms with E-state index in [9.17, 15) is 14.9 Å². The van der Waals surface area contributed by atoms with Crippen LogP contribution >= 0.6 is 0 Å². The Morgan fingerprint density at radius 1 is 1.00 bits per heavy atom. The Labute approximate surface area is 204 Å². The minimum absolute atomic E-state index is 0.0750. The SMILES string of the molecule is Cc1ccc(NC(=O)N2C(c3ccccc3)COC23CCN(c2ccc([N+](=O)[O-])cc2)CC3)cc1. The second-order valence-corrected chi connectivity index (χ2v) is 9.11. The van der Waals surface area contributed by atoms with Crippen LogP contribution in [-0.2, 0) is 4.74 Å². The number of ether oxygens (including phenoxy) is 1. The fourth-order valence-electron chi connectivity index (χ4n) is 5.01. The molecule has 2 amide bonds. The standard InChI is InChI=1S/C27H28N4O4/c1-20-7-9-22(10-8-20)28-26(32)30-25(21-5-3-2-4-6-21)19-35-27(30)15-17-29(18-16-27)23-11-13-24(14-12-23)31(33)34/h2-14,25H,15-19H2,1H3,(H,28,32). The molecule has 8 nitrogen and oxygen atoms in total. The number of hydrogen-bond acceptors (Lipinski definition) is 5. The molecule has 5 rings (SSSR count). The quantitative estimate of drug-likeness (QED) is 0.400. The zero-order valence-corrected chi connectivity index (χ0v) is 19.6. The number of nitro groups is 1. The van der Waals surface area contributed by atoms with Crippen LogP contribution in [0.25, 0.3) is 0 Å². The Bertz CT molecular complexity index is 1190. The second kappa shape index (κ2) is 9.38. The minimum Gasteiger partial charge on any atom is -0.371 e. The molecule has 1 atom stereocenters. The molecule has 0 bridgehead atoms. The normalized spacial score (nSPS) is 19.1. The van der Waals surface area contributed by atoms with Crippen molar-refractivity contribution < 1.29 is 14.5 Å². The van der Waals surface area contributed by atoms with Gasteiger partial charge < -0.3 is 15.0 Å². The molecule has 1 N–H and O–H groups in total. The smallest absolute Gasteiger partial charge is 0.324 e. The zero-order chi connectivity index (χ0) is 24.4. The van der Waals surface area contributed by atoms with E-state index in [0.717, 1.165) is 22.5 Å². The van der Waals surface area contributed by atoms with Crippen LogP contribution < -0.4 is 10.2 Å². The van der Waals surface area contributed by atoms with Gasteiger partial charge in [0.1, 0.15) is 5.72 Å². The molecule has 2 saturated heterocycles. The Morgan fingerprint density at radius 3 is 2.29 bits per heavy atom. The number of nitro benzene ring substituents is 1. The highest BCUT2D eigenvalue weighted by Crippen LogP contribution is 2.44. The van der Waals surface area contributed by atoms with Crippen LogP contribution in [0.15, 0.2) is 78.9 Å². The summed E-state index contributed by atoms with van der Waals surface area (Å²) in [7, 11) is 0. The number of urea groups is 1. The lowest BCUT2D eigenvalue weighted by molar-refractivity contribution is -0.384. The number of carbonyl (C=O) groups is 1. The maximum absolute atomic E-state index is 13.7. The summed E-state index contributed by atoms with van der Waals surface area (Å²) < 4.78 is 6.42. The van der Waals surface area contributed by atoms with Gasteiger partial charge >= 0.3 is 6.03 Å². The molecule has 2 fully saturated rings. The number of amides is 2. The highest BCUT2D eigenvalue weighted by molar-refractivity contribution is 5.90. The Balaban J connectivity index is 1.38. The average Bonchev–Trinajstić information content (AvgIpc) is 3.25. The number of nitrogens with one attached hydrogen (secondary N) is 1. The van der Waals surface area contributed by atoms with Gasteiger partial charge in [-0.3, -0.25) is 15.0 Å². The summed E-state index contributed by atoms with van der Waals surface area (Å²) in [5, 5.41) is 14.1. The number of non-ortho nitro benzene ring substituents is 1. The number of rotatable bonds is 4. The molecule has 2 heterocycles. The number of anilines is 2. The van der Waals surface area contributed by atoms with Gasteiger partial charge in [0.2, 0.25) is 0 Å². The van der Waals surface area contributed by atoms with Crippen LogP contribution in [0.1, 0.15) is 30.0 Å². The van der Waals surface area contributed by atoms with Gasteiger partial charge in [0, 0.05) is 49.4 Å². The van der Waals surface area contributed by atoms with E-state index in [0.29, 0.717) is 32.5 Å². The highest BCUT2D eigenvalue weighted by atomic mass is 16.6. The third-order valence-electron chi connectivity index (χ3n) is 6.94. The largest absolute Gasteiger partial charge is 0.371 e. The fraction of sp³-hybridized carbons (Fsp3) is 0.296. The molecule has 180 valence electrons. The Kier molecular flexibility index (Phi) is 6.13. The van der Waals surface area contributed by atoms with E-state index < -0.39 is 10.6 Å². The molecule has 1 spiro atoms. The molecule has 2 aliphatic heterocycles. The predicted octanol–water partition coefficient (Wildman–Crippen LogP) is 5.51. The van der Waals surface area contributed by atoms with Crippen molar-refractivity contribution in [1.29, 1.82) is 0 Å².